The summed E-state index contributed by atoms with van der Waals surface area (Å²) < 4.78 is 5.04. The van der Waals surface area contributed by atoms with Gasteiger partial charge < -0.3 is 20.7 Å². The molecule has 0 aliphatic heterocycles. The van der Waals surface area contributed by atoms with Crippen LogP contribution in [0, 0.1) is 13.8 Å². The quantitative estimate of drug-likeness (QED) is 0.766. The summed E-state index contributed by atoms with van der Waals surface area (Å²) in [5.41, 5.74) is 7.57. The van der Waals surface area contributed by atoms with Crippen molar-refractivity contribution in [3.05, 3.63) is 34.8 Å². The Balaban J connectivity index is 2.21. The van der Waals surface area contributed by atoms with E-state index in [2.05, 4.69) is 15.5 Å². The maximum absolute atomic E-state index is 11.0. The Kier molecular flexibility index (Phi) is 3.37. The lowest BCUT2D eigenvalue weighted by Gasteiger charge is -2.09. The number of rotatable bonds is 4. The van der Waals surface area contributed by atoms with Crippen LogP contribution >= 0.6 is 0 Å². The highest BCUT2D eigenvalue weighted by atomic mass is 16.5. The number of hydrogen-bond acceptors (Lipinski definition) is 6. The van der Waals surface area contributed by atoms with Gasteiger partial charge in [0, 0.05) is 18.3 Å². The van der Waals surface area contributed by atoms with Gasteiger partial charge in [0.15, 0.2) is 0 Å². The maximum Gasteiger partial charge on any atom is 0.337 e. The van der Waals surface area contributed by atoms with Crippen molar-refractivity contribution < 1.29 is 14.4 Å². The summed E-state index contributed by atoms with van der Waals surface area (Å²) in [6, 6.07) is 1.36. The molecular formula is C12H14N4O3. The van der Waals surface area contributed by atoms with E-state index in [-0.39, 0.29) is 11.3 Å². The highest BCUT2D eigenvalue weighted by molar-refractivity contribution is 5.96. The highest BCUT2D eigenvalue weighted by Crippen LogP contribution is 2.21. The zero-order valence-electron chi connectivity index (χ0n) is 10.6. The summed E-state index contributed by atoms with van der Waals surface area (Å²) in [4.78, 5) is 15.0. The van der Waals surface area contributed by atoms with Crippen molar-refractivity contribution in [2.75, 3.05) is 11.1 Å². The minimum Gasteiger partial charge on any atom is -0.478 e. The van der Waals surface area contributed by atoms with E-state index < -0.39 is 5.97 Å². The average Bonchev–Trinajstić information content (AvgIpc) is 2.68. The fraction of sp³-hybridized carbons (Fsp3) is 0.250. The lowest BCUT2D eigenvalue weighted by atomic mass is 10.2. The molecule has 2 rings (SSSR count). The van der Waals surface area contributed by atoms with Crippen molar-refractivity contribution in [2.24, 2.45) is 0 Å². The van der Waals surface area contributed by atoms with E-state index in [9.17, 15) is 4.79 Å². The Morgan fingerprint density at radius 3 is 2.84 bits per heavy atom. The van der Waals surface area contributed by atoms with Crippen LogP contribution in [0.4, 0.5) is 11.5 Å². The number of hydrogen-bond donors (Lipinski definition) is 3. The molecule has 100 valence electrons. The van der Waals surface area contributed by atoms with Gasteiger partial charge in [-0.3, -0.25) is 0 Å². The second-order valence-corrected chi connectivity index (χ2v) is 4.08. The summed E-state index contributed by atoms with van der Waals surface area (Å²) in [5.74, 6) is -0.0434. The molecule has 0 spiro atoms. The number of aromatic nitrogens is 2. The average molecular weight is 262 g/mol. The SMILES string of the molecule is Cc1noc(C)c1CNc1nccc(C(=O)O)c1N. The number of carbonyl (C=O) groups is 1. The molecule has 0 saturated carbocycles. The molecule has 0 unspecified atom stereocenters. The Hall–Kier alpha value is -2.57. The number of nitrogens with one attached hydrogen (secondary N) is 1. The summed E-state index contributed by atoms with van der Waals surface area (Å²) in [6.07, 6.45) is 1.40. The molecule has 7 heteroatoms. The topological polar surface area (TPSA) is 114 Å². The van der Waals surface area contributed by atoms with Crippen molar-refractivity contribution in [2.45, 2.75) is 20.4 Å². The molecule has 0 radical (unpaired) electrons. The number of pyridine rings is 1. The molecule has 2 aromatic rings. The first-order valence-electron chi connectivity index (χ1n) is 5.64. The Bertz CT molecular complexity index is 602. The maximum atomic E-state index is 11.0. The van der Waals surface area contributed by atoms with Crippen molar-refractivity contribution in [3.8, 4) is 0 Å². The van der Waals surface area contributed by atoms with Crippen LogP contribution in [0.1, 0.15) is 27.4 Å². The number of carboxylic acid groups (broad SMARTS) is 1. The van der Waals surface area contributed by atoms with E-state index in [4.69, 9.17) is 15.4 Å². The molecule has 19 heavy (non-hydrogen) atoms. The van der Waals surface area contributed by atoms with E-state index in [0.29, 0.717) is 18.1 Å². The van der Waals surface area contributed by atoms with Gasteiger partial charge in [0.05, 0.1) is 16.9 Å². The van der Waals surface area contributed by atoms with Crippen LogP contribution in [-0.4, -0.2) is 21.2 Å². The Morgan fingerprint density at radius 1 is 1.53 bits per heavy atom. The minimum absolute atomic E-state index is 0.0243. The lowest BCUT2D eigenvalue weighted by Crippen LogP contribution is -2.10. The normalized spacial score (nSPS) is 10.4. The van der Waals surface area contributed by atoms with E-state index >= 15 is 0 Å². The fourth-order valence-corrected chi connectivity index (χ4v) is 1.73. The number of anilines is 2. The lowest BCUT2D eigenvalue weighted by molar-refractivity contribution is 0.0698. The predicted molar refractivity (Wildman–Crippen MR) is 68.9 cm³/mol. The third-order valence-electron chi connectivity index (χ3n) is 2.83. The van der Waals surface area contributed by atoms with Crippen LogP contribution in [-0.2, 0) is 6.54 Å². The van der Waals surface area contributed by atoms with E-state index in [1.165, 1.54) is 12.3 Å². The second-order valence-electron chi connectivity index (χ2n) is 4.08. The molecule has 0 aliphatic rings. The number of nitrogen functional groups attached to an aromatic ring is 1. The van der Waals surface area contributed by atoms with Crippen LogP contribution in [0.2, 0.25) is 0 Å². The molecule has 0 fully saturated rings. The summed E-state index contributed by atoms with van der Waals surface area (Å²) in [6.45, 7) is 4.06. The van der Waals surface area contributed by atoms with Gasteiger partial charge in [-0.1, -0.05) is 5.16 Å². The molecule has 2 heterocycles. The number of carboxylic acids is 1. The molecule has 2 aromatic heterocycles. The second kappa shape index (κ2) is 4.97. The number of nitrogens with zero attached hydrogens (tertiary/aromatic N) is 2. The first-order chi connectivity index (χ1) is 9.00. The Labute approximate surface area is 109 Å². The van der Waals surface area contributed by atoms with E-state index in [1.807, 2.05) is 13.8 Å². The molecule has 4 N–H and O–H groups in total. The summed E-state index contributed by atoms with van der Waals surface area (Å²) in [5, 5.41) is 15.8. The first-order valence-corrected chi connectivity index (χ1v) is 5.64. The van der Waals surface area contributed by atoms with E-state index in [1.54, 1.807) is 0 Å². The fourth-order valence-electron chi connectivity index (χ4n) is 1.73. The molecule has 0 bridgehead atoms. The molecule has 7 nitrogen and oxygen atoms in total. The van der Waals surface area contributed by atoms with Gasteiger partial charge in [-0.15, -0.1) is 0 Å². The van der Waals surface area contributed by atoms with Crippen LogP contribution in [0.5, 0.6) is 0 Å². The van der Waals surface area contributed by atoms with Crippen molar-refractivity contribution in [1.82, 2.24) is 10.1 Å². The first kappa shape index (κ1) is 12.9. The van der Waals surface area contributed by atoms with Gasteiger partial charge in [-0.2, -0.15) is 0 Å². The number of aromatic carboxylic acids is 1. The van der Waals surface area contributed by atoms with Gasteiger partial charge in [0.25, 0.3) is 0 Å². The molecule has 0 aliphatic carbocycles. The monoisotopic (exact) mass is 262 g/mol. The third kappa shape index (κ3) is 2.49. The minimum atomic E-state index is -1.08. The van der Waals surface area contributed by atoms with Crippen LogP contribution in [0.3, 0.4) is 0 Å². The van der Waals surface area contributed by atoms with Gasteiger partial charge in [0.2, 0.25) is 0 Å². The standard InChI is InChI=1S/C12H14N4O3/c1-6-9(7(2)19-16-6)5-15-11-10(13)8(12(17)18)3-4-14-11/h3-4H,5,13H2,1-2H3,(H,14,15)(H,17,18). The number of nitrogens with two attached hydrogens (primary N) is 1. The smallest absolute Gasteiger partial charge is 0.337 e. The molecular weight excluding hydrogens is 248 g/mol. The zero-order valence-corrected chi connectivity index (χ0v) is 10.6. The van der Waals surface area contributed by atoms with Gasteiger partial charge in [-0.25, -0.2) is 9.78 Å². The summed E-state index contributed by atoms with van der Waals surface area (Å²) >= 11 is 0. The largest absolute Gasteiger partial charge is 0.478 e. The van der Waals surface area contributed by atoms with E-state index in [0.717, 1.165) is 11.3 Å². The predicted octanol–water partition coefficient (Wildman–Crippen LogP) is 1.58. The Morgan fingerprint density at radius 2 is 2.26 bits per heavy atom. The van der Waals surface area contributed by atoms with Gasteiger partial charge >= 0.3 is 5.97 Å². The molecule has 0 aromatic carbocycles. The third-order valence-corrected chi connectivity index (χ3v) is 2.83. The van der Waals surface area contributed by atoms with Crippen LogP contribution in [0.15, 0.2) is 16.8 Å². The molecule has 0 atom stereocenters. The molecule has 0 amide bonds. The molecule has 0 saturated heterocycles. The van der Waals surface area contributed by atoms with Crippen LogP contribution in [0.25, 0.3) is 0 Å². The van der Waals surface area contributed by atoms with Crippen molar-refractivity contribution in [1.29, 1.82) is 0 Å². The van der Waals surface area contributed by atoms with Gasteiger partial charge in [-0.05, 0) is 19.9 Å². The summed E-state index contributed by atoms with van der Waals surface area (Å²) in [7, 11) is 0. The zero-order chi connectivity index (χ0) is 14.0. The number of aryl methyl sites for hydroxylation is 2. The highest BCUT2D eigenvalue weighted by Gasteiger charge is 2.14. The van der Waals surface area contributed by atoms with Crippen LogP contribution < -0.4 is 11.1 Å². The van der Waals surface area contributed by atoms with Gasteiger partial charge in [0.1, 0.15) is 11.6 Å². The van der Waals surface area contributed by atoms with Crippen molar-refractivity contribution >= 4 is 17.5 Å². The van der Waals surface area contributed by atoms with Crippen molar-refractivity contribution in [3.63, 3.8) is 0 Å².